The molecule has 2 heterocycles. The minimum atomic E-state index is -4.55. The van der Waals surface area contributed by atoms with Crippen molar-refractivity contribution in [1.29, 1.82) is 0 Å². The monoisotopic (exact) mass is 434 g/mol. The van der Waals surface area contributed by atoms with Crippen LogP contribution in [-0.2, 0) is 17.5 Å². The van der Waals surface area contributed by atoms with Crippen LogP contribution in [0.15, 0.2) is 72.8 Å². The van der Waals surface area contributed by atoms with Gasteiger partial charge in [0, 0.05) is 18.4 Å². The molecule has 1 N–H and O–H groups in total. The summed E-state index contributed by atoms with van der Waals surface area (Å²) in [6.45, 7) is 0.247. The molecule has 3 aromatic carbocycles. The number of hydrogen-bond acceptors (Lipinski definition) is 3. The summed E-state index contributed by atoms with van der Waals surface area (Å²) in [6.07, 6.45) is -4.57. The number of para-hydroxylation sites is 4. The zero-order valence-corrected chi connectivity index (χ0v) is 16.7. The summed E-state index contributed by atoms with van der Waals surface area (Å²) < 4.78 is 41.5. The van der Waals surface area contributed by atoms with Crippen molar-refractivity contribution in [2.75, 3.05) is 5.32 Å². The second kappa shape index (κ2) is 7.64. The number of rotatable bonds is 4. The Morgan fingerprint density at radius 1 is 0.875 bits per heavy atom. The van der Waals surface area contributed by atoms with Gasteiger partial charge in [0.1, 0.15) is 5.52 Å². The Morgan fingerprint density at radius 3 is 2.31 bits per heavy atom. The van der Waals surface area contributed by atoms with Crippen LogP contribution >= 0.6 is 0 Å². The molecule has 0 saturated heterocycles. The van der Waals surface area contributed by atoms with E-state index < -0.39 is 17.6 Å². The van der Waals surface area contributed by atoms with Crippen LogP contribution in [0.5, 0.6) is 0 Å². The van der Waals surface area contributed by atoms with Crippen molar-refractivity contribution < 1.29 is 18.0 Å². The second-order valence-electron chi connectivity index (χ2n) is 7.39. The van der Waals surface area contributed by atoms with Crippen molar-refractivity contribution >= 4 is 44.7 Å². The Labute approximate surface area is 180 Å². The zero-order chi connectivity index (χ0) is 22.3. The molecule has 8 heteroatoms. The molecule has 0 bridgehead atoms. The number of hydrogen-bond donors (Lipinski definition) is 1. The fourth-order valence-corrected chi connectivity index (χ4v) is 3.87. The molecule has 0 spiro atoms. The van der Waals surface area contributed by atoms with E-state index in [9.17, 15) is 18.0 Å². The normalized spacial score (nSPS) is 12.0. The first-order chi connectivity index (χ1) is 15.4. The average molecular weight is 434 g/mol. The van der Waals surface area contributed by atoms with Crippen molar-refractivity contribution in [1.82, 2.24) is 14.5 Å². The molecule has 1 amide bonds. The van der Waals surface area contributed by atoms with Crippen molar-refractivity contribution in [3.63, 3.8) is 0 Å². The van der Waals surface area contributed by atoms with Crippen molar-refractivity contribution in [3.05, 3.63) is 78.4 Å². The Kier molecular flexibility index (Phi) is 4.77. The van der Waals surface area contributed by atoms with Crippen LogP contribution in [0.2, 0.25) is 0 Å². The minimum Gasteiger partial charge on any atom is -0.325 e. The number of nitrogens with zero attached hydrogens (tertiary/aromatic N) is 3. The molecule has 0 aliphatic carbocycles. The molecule has 160 valence electrons. The molecular formula is C24H17F3N4O. The van der Waals surface area contributed by atoms with Gasteiger partial charge in [-0.3, -0.25) is 4.79 Å². The van der Waals surface area contributed by atoms with Gasteiger partial charge in [-0.05, 0) is 30.3 Å². The van der Waals surface area contributed by atoms with E-state index in [1.54, 1.807) is 0 Å². The predicted molar refractivity (Wildman–Crippen MR) is 117 cm³/mol. The molecular weight excluding hydrogens is 417 g/mol. The molecule has 0 radical (unpaired) electrons. The molecule has 0 aliphatic heterocycles. The van der Waals surface area contributed by atoms with E-state index in [1.165, 1.54) is 18.2 Å². The van der Waals surface area contributed by atoms with E-state index in [4.69, 9.17) is 9.97 Å². The summed E-state index contributed by atoms with van der Waals surface area (Å²) in [4.78, 5) is 22.0. The maximum Gasteiger partial charge on any atom is 0.418 e. The van der Waals surface area contributed by atoms with E-state index in [0.717, 1.165) is 33.5 Å². The van der Waals surface area contributed by atoms with E-state index in [0.29, 0.717) is 5.65 Å². The van der Waals surface area contributed by atoms with Gasteiger partial charge in [0.15, 0.2) is 5.65 Å². The van der Waals surface area contributed by atoms with Gasteiger partial charge in [0.2, 0.25) is 5.91 Å². The Morgan fingerprint density at radius 2 is 1.53 bits per heavy atom. The van der Waals surface area contributed by atoms with Gasteiger partial charge < -0.3 is 9.88 Å². The summed E-state index contributed by atoms with van der Waals surface area (Å²) in [5.74, 6) is -0.513. The maximum atomic E-state index is 13.2. The summed E-state index contributed by atoms with van der Waals surface area (Å²) >= 11 is 0. The summed E-state index contributed by atoms with van der Waals surface area (Å²) in [5, 5.41) is 3.30. The molecule has 5 aromatic rings. The number of anilines is 1. The highest BCUT2D eigenvalue weighted by Crippen LogP contribution is 2.34. The summed E-state index contributed by atoms with van der Waals surface area (Å²) in [6, 6.07) is 20.1. The van der Waals surface area contributed by atoms with Gasteiger partial charge in [0.25, 0.3) is 0 Å². The maximum absolute atomic E-state index is 13.2. The number of aryl methyl sites for hydroxylation is 1. The number of carbonyl (C=O) groups excluding carboxylic acids is 1. The van der Waals surface area contributed by atoms with Crippen LogP contribution in [-0.4, -0.2) is 20.4 Å². The smallest absolute Gasteiger partial charge is 0.325 e. The Hall–Kier alpha value is -3.94. The standard InChI is InChI=1S/C24H17F3N4O/c25-24(26,27)16-8-2-3-9-17(16)28-21(32)13-14-31-20-12-6-1-7-15(20)22-23(31)30-19-11-5-4-10-18(19)29-22/h1-12H,13-14H2,(H,28,32). The van der Waals surface area contributed by atoms with E-state index in [1.807, 2.05) is 53.1 Å². The predicted octanol–water partition coefficient (Wildman–Crippen LogP) is 5.79. The van der Waals surface area contributed by atoms with Crippen LogP contribution in [0.3, 0.4) is 0 Å². The molecule has 5 rings (SSSR count). The van der Waals surface area contributed by atoms with Gasteiger partial charge >= 0.3 is 6.18 Å². The number of carbonyl (C=O) groups is 1. The fraction of sp³-hybridized carbons (Fsp3) is 0.125. The van der Waals surface area contributed by atoms with E-state index >= 15 is 0 Å². The topological polar surface area (TPSA) is 59.8 Å². The highest BCUT2D eigenvalue weighted by Gasteiger charge is 2.33. The molecule has 0 saturated carbocycles. The molecule has 5 nitrogen and oxygen atoms in total. The van der Waals surface area contributed by atoms with Crippen molar-refractivity contribution in [3.8, 4) is 0 Å². The van der Waals surface area contributed by atoms with Gasteiger partial charge in [-0.1, -0.05) is 42.5 Å². The lowest BCUT2D eigenvalue weighted by atomic mass is 10.1. The number of halogens is 3. The quantitative estimate of drug-likeness (QED) is 0.390. The lowest BCUT2D eigenvalue weighted by molar-refractivity contribution is -0.137. The van der Waals surface area contributed by atoms with Gasteiger partial charge in [0.05, 0.1) is 27.8 Å². The number of alkyl halides is 3. The van der Waals surface area contributed by atoms with Gasteiger partial charge in [-0.2, -0.15) is 13.2 Å². The third-order valence-corrected chi connectivity index (χ3v) is 5.33. The van der Waals surface area contributed by atoms with Crippen LogP contribution in [0, 0.1) is 0 Å². The van der Waals surface area contributed by atoms with Crippen molar-refractivity contribution in [2.45, 2.75) is 19.1 Å². The molecule has 0 unspecified atom stereocenters. The highest BCUT2D eigenvalue weighted by molar-refractivity contribution is 6.06. The third-order valence-electron chi connectivity index (χ3n) is 5.33. The fourth-order valence-electron chi connectivity index (χ4n) is 3.87. The number of fused-ring (bicyclic) bond motifs is 4. The van der Waals surface area contributed by atoms with Crippen LogP contribution in [0.4, 0.5) is 18.9 Å². The van der Waals surface area contributed by atoms with Gasteiger partial charge in [-0.15, -0.1) is 0 Å². The van der Waals surface area contributed by atoms with Crippen molar-refractivity contribution in [2.24, 2.45) is 0 Å². The van der Waals surface area contributed by atoms with Crippen LogP contribution in [0.25, 0.3) is 33.1 Å². The van der Waals surface area contributed by atoms with Crippen LogP contribution in [0.1, 0.15) is 12.0 Å². The number of aromatic nitrogens is 3. The molecule has 0 aliphatic rings. The zero-order valence-electron chi connectivity index (χ0n) is 16.7. The summed E-state index contributed by atoms with van der Waals surface area (Å²) in [7, 11) is 0. The first kappa shape index (κ1) is 20.0. The molecule has 0 atom stereocenters. The average Bonchev–Trinajstić information content (AvgIpc) is 3.08. The Bertz CT molecular complexity index is 1470. The number of nitrogens with one attached hydrogen (secondary N) is 1. The first-order valence-electron chi connectivity index (χ1n) is 10.0. The minimum absolute atomic E-state index is 0.0194. The molecule has 0 fully saturated rings. The summed E-state index contributed by atoms with van der Waals surface area (Å²) in [5.41, 5.74) is 2.59. The van der Waals surface area contributed by atoms with E-state index in [-0.39, 0.29) is 18.7 Å². The lowest BCUT2D eigenvalue weighted by Crippen LogP contribution is -2.18. The second-order valence-corrected chi connectivity index (χ2v) is 7.39. The number of amides is 1. The number of benzene rings is 3. The third kappa shape index (κ3) is 3.53. The first-order valence-corrected chi connectivity index (χ1v) is 10.0. The van der Waals surface area contributed by atoms with Gasteiger partial charge in [-0.25, -0.2) is 9.97 Å². The highest BCUT2D eigenvalue weighted by atomic mass is 19.4. The largest absolute Gasteiger partial charge is 0.418 e. The van der Waals surface area contributed by atoms with Crippen LogP contribution < -0.4 is 5.32 Å². The molecule has 32 heavy (non-hydrogen) atoms. The molecule has 2 aromatic heterocycles. The SMILES string of the molecule is O=C(CCn1c2ccccc2c2nc3ccccc3nc21)Nc1ccccc1C(F)(F)F. The Balaban J connectivity index is 1.48. The van der Waals surface area contributed by atoms with E-state index in [2.05, 4.69) is 5.32 Å². The lowest BCUT2D eigenvalue weighted by Gasteiger charge is -2.14.